The van der Waals surface area contributed by atoms with Gasteiger partial charge in [0.1, 0.15) is 6.54 Å². The van der Waals surface area contributed by atoms with Crippen LogP contribution in [-0.4, -0.2) is 25.8 Å². The van der Waals surface area contributed by atoms with Crippen LogP contribution >= 0.6 is 11.8 Å². The van der Waals surface area contributed by atoms with Gasteiger partial charge in [-0.1, -0.05) is 30.3 Å². The molecule has 0 unspecified atom stereocenters. The predicted molar refractivity (Wildman–Crippen MR) is 104 cm³/mol. The summed E-state index contributed by atoms with van der Waals surface area (Å²) in [6, 6.07) is 15.1. The van der Waals surface area contributed by atoms with Gasteiger partial charge >= 0.3 is 0 Å². The number of nitrogens with one attached hydrogen (secondary N) is 2. The van der Waals surface area contributed by atoms with Crippen molar-refractivity contribution in [2.75, 3.05) is 19.8 Å². The first-order valence-electron chi connectivity index (χ1n) is 8.98. The lowest BCUT2D eigenvalue weighted by Gasteiger charge is -2.09. The maximum Gasteiger partial charge on any atom is 0.230 e. The molecule has 0 heterocycles. The van der Waals surface area contributed by atoms with E-state index >= 15 is 0 Å². The Hall–Kier alpha value is -1.78. The van der Waals surface area contributed by atoms with Crippen LogP contribution in [-0.2, 0) is 30.7 Å². The van der Waals surface area contributed by atoms with Gasteiger partial charge in [0.2, 0.25) is 5.91 Å². The van der Waals surface area contributed by atoms with E-state index in [1.807, 2.05) is 0 Å². The summed E-state index contributed by atoms with van der Waals surface area (Å²) in [5.41, 5.74) is 5.41. The molecule has 0 saturated carbocycles. The minimum Gasteiger partial charge on any atom is -0.351 e. The lowest BCUT2D eigenvalue weighted by molar-refractivity contribution is -0.872. The second-order valence-corrected chi connectivity index (χ2v) is 8.10. The third kappa shape index (κ3) is 5.35. The average Bonchev–Trinajstić information content (AvgIpc) is 3.06. The third-order valence-electron chi connectivity index (χ3n) is 4.51. The van der Waals surface area contributed by atoms with Crippen LogP contribution in [0.3, 0.4) is 0 Å². The summed E-state index contributed by atoms with van der Waals surface area (Å²) >= 11 is 1.62. The molecule has 0 aromatic heterocycles. The molecule has 0 fully saturated rings. The molecule has 0 aliphatic heterocycles. The standard InChI is InChI=1S/C21H26N2OS/c1-23(2)14-17-8-6-16(7-9-17)13-22-21(24)15-25-20-11-10-18-4-3-5-19(18)12-20/h6-12H,3-5,13-15H2,1-2H3,(H,22,24)/p+1. The van der Waals surface area contributed by atoms with Crippen molar-refractivity contribution in [1.29, 1.82) is 0 Å². The molecule has 2 N–H and O–H groups in total. The molecule has 25 heavy (non-hydrogen) atoms. The second kappa shape index (κ2) is 8.54. The van der Waals surface area contributed by atoms with Crippen LogP contribution in [0.25, 0.3) is 0 Å². The first-order valence-corrected chi connectivity index (χ1v) is 9.97. The quantitative estimate of drug-likeness (QED) is 0.747. The zero-order chi connectivity index (χ0) is 17.6. The minimum absolute atomic E-state index is 0.0901. The Bertz CT molecular complexity index is 725. The summed E-state index contributed by atoms with van der Waals surface area (Å²) < 4.78 is 0. The van der Waals surface area contributed by atoms with Gasteiger partial charge in [-0.15, -0.1) is 11.8 Å². The smallest absolute Gasteiger partial charge is 0.230 e. The third-order valence-corrected chi connectivity index (χ3v) is 5.50. The Balaban J connectivity index is 1.43. The zero-order valence-electron chi connectivity index (χ0n) is 15.1. The Kier molecular flexibility index (Phi) is 6.16. The number of fused-ring (bicyclic) bond motifs is 1. The van der Waals surface area contributed by atoms with E-state index in [1.165, 1.54) is 45.7 Å². The molecule has 4 heteroatoms. The van der Waals surface area contributed by atoms with Gasteiger partial charge in [0, 0.05) is 17.0 Å². The summed E-state index contributed by atoms with van der Waals surface area (Å²) in [6.45, 7) is 1.61. The summed E-state index contributed by atoms with van der Waals surface area (Å²) in [5.74, 6) is 0.563. The number of carbonyl (C=O) groups is 1. The second-order valence-electron chi connectivity index (χ2n) is 7.05. The van der Waals surface area contributed by atoms with Crippen LogP contribution in [0.1, 0.15) is 28.7 Å². The molecule has 0 radical (unpaired) electrons. The first kappa shape index (κ1) is 18.0. The number of hydrogen-bond donors (Lipinski definition) is 2. The summed E-state index contributed by atoms with van der Waals surface area (Å²) in [4.78, 5) is 14.7. The molecule has 0 atom stereocenters. The topological polar surface area (TPSA) is 33.5 Å². The van der Waals surface area contributed by atoms with Gasteiger partial charge in [0.15, 0.2) is 0 Å². The van der Waals surface area contributed by atoms with E-state index in [1.54, 1.807) is 11.8 Å². The van der Waals surface area contributed by atoms with Gasteiger partial charge in [-0.3, -0.25) is 4.79 Å². The van der Waals surface area contributed by atoms with Crippen molar-refractivity contribution in [3.8, 4) is 0 Å². The number of hydrogen-bond acceptors (Lipinski definition) is 2. The number of carbonyl (C=O) groups excluding carboxylic acids is 1. The van der Waals surface area contributed by atoms with Gasteiger partial charge in [0.25, 0.3) is 0 Å². The zero-order valence-corrected chi connectivity index (χ0v) is 15.9. The van der Waals surface area contributed by atoms with E-state index < -0.39 is 0 Å². The number of amides is 1. The van der Waals surface area contributed by atoms with Crippen LogP contribution < -0.4 is 10.2 Å². The number of aryl methyl sites for hydroxylation is 2. The molecule has 3 nitrogen and oxygen atoms in total. The van der Waals surface area contributed by atoms with Crippen molar-refractivity contribution in [2.45, 2.75) is 37.2 Å². The summed E-state index contributed by atoms with van der Waals surface area (Å²) in [5, 5.41) is 3.02. The average molecular weight is 356 g/mol. The van der Waals surface area contributed by atoms with Crippen molar-refractivity contribution in [1.82, 2.24) is 5.32 Å². The van der Waals surface area contributed by atoms with E-state index in [0.29, 0.717) is 12.3 Å². The lowest BCUT2D eigenvalue weighted by Crippen LogP contribution is -3.04. The van der Waals surface area contributed by atoms with E-state index in [2.05, 4.69) is 61.9 Å². The monoisotopic (exact) mass is 355 g/mol. The Morgan fingerprint density at radius 1 is 1.04 bits per heavy atom. The van der Waals surface area contributed by atoms with Crippen molar-refractivity contribution in [2.24, 2.45) is 0 Å². The minimum atomic E-state index is 0.0901. The summed E-state index contributed by atoms with van der Waals surface area (Å²) in [7, 11) is 4.29. The molecule has 1 aliphatic rings. The van der Waals surface area contributed by atoms with Gasteiger partial charge in [0.05, 0.1) is 19.8 Å². The van der Waals surface area contributed by atoms with E-state index in [-0.39, 0.29) is 5.91 Å². The van der Waals surface area contributed by atoms with Gasteiger partial charge in [-0.2, -0.15) is 0 Å². The number of thioether (sulfide) groups is 1. The Labute approximate surface area is 154 Å². The van der Waals surface area contributed by atoms with Gasteiger partial charge < -0.3 is 10.2 Å². The molecule has 1 amide bonds. The largest absolute Gasteiger partial charge is 0.351 e. The molecule has 0 spiro atoms. The molecule has 0 bridgehead atoms. The van der Waals surface area contributed by atoms with Crippen LogP contribution in [0.5, 0.6) is 0 Å². The van der Waals surface area contributed by atoms with Crippen LogP contribution in [0, 0.1) is 0 Å². The molecule has 2 aromatic carbocycles. The van der Waals surface area contributed by atoms with Gasteiger partial charge in [-0.05, 0) is 48.1 Å². The fourth-order valence-electron chi connectivity index (χ4n) is 3.22. The van der Waals surface area contributed by atoms with Crippen molar-refractivity contribution < 1.29 is 9.69 Å². The normalized spacial score (nSPS) is 13.1. The summed E-state index contributed by atoms with van der Waals surface area (Å²) in [6.07, 6.45) is 3.65. The molecule has 2 aromatic rings. The SMILES string of the molecule is C[NH+](C)Cc1ccc(CNC(=O)CSc2ccc3c(c2)CCC3)cc1. The Morgan fingerprint density at radius 3 is 2.52 bits per heavy atom. The van der Waals surface area contributed by atoms with Crippen LogP contribution in [0.15, 0.2) is 47.4 Å². The molecule has 0 saturated heterocycles. The fraction of sp³-hybridized carbons (Fsp3) is 0.381. The molecule has 3 rings (SSSR count). The van der Waals surface area contributed by atoms with Crippen LogP contribution in [0.2, 0.25) is 0 Å². The van der Waals surface area contributed by atoms with E-state index in [9.17, 15) is 4.79 Å². The first-order chi connectivity index (χ1) is 12.1. The highest BCUT2D eigenvalue weighted by atomic mass is 32.2. The number of quaternary nitrogens is 1. The van der Waals surface area contributed by atoms with Crippen molar-refractivity contribution in [3.63, 3.8) is 0 Å². The lowest BCUT2D eigenvalue weighted by atomic mass is 10.1. The van der Waals surface area contributed by atoms with Gasteiger partial charge in [-0.25, -0.2) is 0 Å². The maximum absolute atomic E-state index is 12.1. The van der Waals surface area contributed by atoms with Crippen molar-refractivity contribution in [3.05, 3.63) is 64.7 Å². The van der Waals surface area contributed by atoms with E-state index in [0.717, 1.165) is 12.1 Å². The maximum atomic E-state index is 12.1. The number of rotatable bonds is 7. The highest BCUT2D eigenvalue weighted by Crippen LogP contribution is 2.27. The number of benzene rings is 2. The fourth-order valence-corrected chi connectivity index (χ4v) is 4.01. The predicted octanol–water partition coefficient (Wildman–Crippen LogP) is 2.23. The van der Waals surface area contributed by atoms with Crippen molar-refractivity contribution >= 4 is 17.7 Å². The van der Waals surface area contributed by atoms with Crippen LogP contribution in [0.4, 0.5) is 0 Å². The molecular formula is C21H27N2OS+. The highest BCUT2D eigenvalue weighted by Gasteiger charge is 2.11. The Morgan fingerprint density at radius 2 is 1.76 bits per heavy atom. The highest BCUT2D eigenvalue weighted by molar-refractivity contribution is 8.00. The van der Waals surface area contributed by atoms with E-state index in [4.69, 9.17) is 0 Å². The molecule has 1 aliphatic carbocycles. The molecular weight excluding hydrogens is 328 g/mol. The molecule has 132 valence electrons.